The molecule has 0 saturated carbocycles. The van der Waals surface area contributed by atoms with Gasteiger partial charge in [-0.15, -0.1) is 0 Å². The second-order valence-corrected chi connectivity index (χ2v) is 5.02. The van der Waals surface area contributed by atoms with Crippen LogP contribution in [0.4, 0.5) is 4.39 Å². The van der Waals surface area contributed by atoms with Gasteiger partial charge >= 0.3 is 0 Å². The quantitative estimate of drug-likeness (QED) is 0.641. The van der Waals surface area contributed by atoms with Crippen molar-refractivity contribution in [2.24, 2.45) is 0 Å². The minimum absolute atomic E-state index is 0.267. The Kier molecular flexibility index (Phi) is 2.84. The summed E-state index contributed by atoms with van der Waals surface area (Å²) in [4.78, 5) is 4.43. The summed E-state index contributed by atoms with van der Waals surface area (Å²) < 4.78 is 15.5. The van der Waals surface area contributed by atoms with Crippen LogP contribution in [0.25, 0.3) is 16.9 Å². The third-order valence-electron chi connectivity index (χ3n) is 2.66. The zero-order chi connectivity index (χ0) is 12.7. The monoisotopic (exact) mass is 324 g/mol. The van der Waals surface area contributed by atoms with Crippen LogP contribution in [-0.4, -0.2) is 9.38 Å². The lowest BCUT2D eigenvalue weighted by Crippen LogP contribution is -1.89. The van der Waals surface area contributed by atoms with E-state index in [4.69, 9.17) is 11.6 Å². The van der Waals surface area contributed by atoms with Gasteiger partial charge in [-0.2, -0.15) is 0 Å². The van der Waals surface area contributed by atoms with Crippen LogP contribution in [0, 0.1) is 5.82 Å². The lowest BCUT2D eigenvalue weighted by atomic mass is 10.2. The summed E-state index contributed by atoms with van der Waals surface area (Å²) in [5, 5.41) is 0.621. The molecule has 3 rings (SSSR count). The van der Waals surface area contributed by atoms with E-state index in [1.807, 2.05) is 10.5 Å². The van der Waals surface area contributed by atoms with Gasteiger partial charge in [0.05, 0.1) is 10.5 Å². The Morgan fingerprint density at radius 3 is 2.56 bits per heavy atom. The molecule has 0 aliphatic carbocycles. The Bertz CT molecular complexity index is 722. The Morgan fingerprint density at radius 2 is 1.83 bits per heavy atom. The first kappa shape index (κ1) is 11.7. The molecule has 0 aliphatic rings. The zero-order valence-electron chi connectivity index (χ0n) is 9.07. The lowest BCUT2D eigenvalue weighted by molar-refractivity contribution is 0.628. The maximum atomic E-state index is 12.9. The molecular weight excluding hydrogens is 319 g/mol. The molecule has 0 spiro atoms. The number of benzene rings is 1. The fourth-order valence-electron chi connectivity index (χ4n) is 1.82. The van der Waals surface area contributed by atoms with Gasteiger partial charge in [0.2, 0.25) is 0 Å². The van der Waals surface area contributed by atoms with Gasteiger partial charge in [-0.1, -0.05) is 11.6 Å². The Labute approximate surface area is 116 Å². The summed E-state index contributed by atoms with van der Waals surface area (Å²) in [6, 6.07) is 9.89. The van der Waals surface area contributed by atoms with Crippen LogP contribution in [0.1, 0.15) is 0 Å². The second-order valence-electron chi connectivity index (χ2n) is 3.84. The van der Waals surface area contributed by atoms with Gasteiger partial charge in [0.25, 0.3) is 0 Å². The molecule has 5 heteroatoms. The predicted octanol–water partition coefficient (Wildman–Crippen LogP) is 4.56. The molecule has 2 nitrogen and oxygen atoms in total. The van der Waals surface area contributed by atoms with E-state index < -0.39 is 0 Å². The van der Waals surface area contributed by atoms with Crippen molar-refractivity contribution in [1.29, 1.82) is 0 Å². The predicted molar refractivity (Wildman–Crippen MR) is 73.3 cm³/mol. The molecule has 90 valence electrons. The second kappa shape index (κ2) is 4.37. The average molecular weight is 326 g/mol. The van der Waals surface area contributed by atoms with Crippen LogP contribution in [0.2, 0.25) is 5.02 Å². The summed E-state index contributed by atoms with van der Waals surface area (Å²) >= 11 is 9.39. The van der Waals surface area contributed by atoms with E-state index in [9.17, 15) is 4.39 Å². The number of halogens is 3. The summed E-state index contributed by atoms with van der Waals surface area (Å²) in [6.07, 6.45) is 1.79. The largest absolute Gasteiger partial charge is 0.297 e. The molecule has 0 saturated heterocycles. The summed E-state index contributed by atoms with van der Waals surface area (Å²) in [5.41, 5.74) is 1.75. The summed E-state index contributed by atoms with van der Waals surface area (Å²) in [7, 11) is 0. The van der Waals surface area contributed by atoms with Crippen LogP contribution in [0.5, 0.6) is 0 Å². The molecule has 2 aromatic heterocycles. The molecule has 0 radical (unpaired) electrons. The van der Waals surface area contributed by atoms with Gasteiger partial charge in [-0.05, 0) is 52.3 Å². The Hall–Kier alpha value is -1.39. The van der Waals surface area contributed by atoms with Gasteiger partial charge in [0.15, 0.2) is 0 Å². The molecule has 0 bridgehead atoms. The van der Waals surface area contributed by atoms with Crippen molar-refractivity contribution in [2.45, 2.75) is 0 Å². The van der Waals surface area contributed by atoms with E-state index >= 15 is 0 Å². The SMILES string of the molecule is Fc1ccc(-c2nc(Br)c3ccc(Cl)cn23)cc1. The zero-order valence-corrected chi connectivity index (χ0v) is 11.4. The number of hydrogen-bond donors (Lipinski definition) is 0. The fourth-order valence-corrected chi connectivity index (χ4v) is 2.48. The fraction of sp³-hybridized carbons (Fsp3) is 0. The number of pyridine rings is 1. The highest BCUT2D eigenvalue weighted by Gasteiger charge is 2.11. The molecule has 0 N–H and O–H groups in total. The third kappa shape index (κ3) is 1.91. The van der Waals surface area contributed by atoms with Crippen LogP contribution in [0.15, 0.2) is 47.2 Å². The number of imidazole rings is 1. The standard InChI is InChI=1S/C13H7BrClFN2/c14-12-11-6-3-9(15)7-18(11)13(17-12)8-1-4-10(16)5-2-8/h1-7H. The minimum atomic E-state index is -0.267. The van der Waals surface area contributed by atoms with E-state index in [-0.39, 0.29) is 5.82 Å². The minimum Gasteiger partial charge on any atom is -0.297 e. The molecule has 0 aliphatic heterocycles. The van der Waals surface area contributed by atoms with Crippen molar-refractivity contribution < 1.29 is 4.39 Å². The third-order valence-corrected chi connectivity index (χ3v) is 3.47. The van der Waals surface area contributed by atoms with Crippen molar-refractivity contribution in [3.05, 3.63) is 58.0 Å². The van der Waals surface area contributed by atoms with Crippen molar-refractivity contribution in [1.82, 2.24) is 9.38 Å². The molecule has 18 heavy (non-hydrogen) atoms. The van der Waals surface area contributed by atoms with Gasteiger partial charge in [0.1, 0.15) is 16.2 Å². The van der Waals surface area contributed by atoms with E-state index in [1.54, 1.807) is 24.4 Å². The van der Waals surface area contributed by atoms with Crippen molar-refractivity contribution in [3.8, 4) is 11.4 Å². The highest BCUT2D eigenvalue weighted by Crippen LogP contribution is 2.27. The van der Waals surface area contributed by atoms with Gasteiger partial charge < -0.3 is 0 Å². The Balaban J connectivity index is 2.28. The van der Waals surface area contributed by atoms with E-state index in [1.165, 1.54) is 12.1 Å². The summed E-state index contributed by atoms with van der Waals surface area (Å²) in [5.74, 6) is 0.455. The van der Waals surface area contributed by atoms with Crippen LogP contribution < -0.4 is 0 Å². The highest BCUT2D eigenvalue weighted by molar-refractivity contribution is 9.10. The molecular formula is C13H7BrClFN2. The van der Waals surface area contributed by atoms with Gasteiger partial charge in [-0.25, -0.2) is 9.37 Å². The van der Waals surface area contributed by atoms with Crippen molar-refractivity contribution in [3.63, 3.8) is 0 Å². The van der Waals surface area contributed by atoms with Crippen molar-refractivity contribution >= 4 is 33.0 Å². The molecule has 1 aromatic carbocycles. The first-order valence-electron chi connectivity index (χ1n) is 5.24. The number of nitrogens with zero attached hydrogens (tertiary/aromatic N) is 2. The van der Waals surface area contributed by atoms with Crippen LogP contribution in [-0.2, 0) is 0 Å². The topological polar surface area (TPSA) is 17.3 Å². The number of rotatable bonds is 1. The van der Waals surface area contributed by atoms with E-state index in [2.05, 4.69) is 20.9 Å². The molecule has 0 atom stereocenters. The molecule has 0 unspecified atom stereocenters. The smallest absolute Gasteiger partial charge is 0.145 e. The number of fused-ring (bicyclic) bond motifs is 1. The normalized spacial score (nSPS) is 11.1. The lowest BCUT2D eigenvalue weighted by Gasteiger charge is -2.01. The van der Waals surface area contributed by atoms with E-state index in [0.717, 1.165) is 21.5 Å². The highest BCUT2D eigenvalue weighted by atomic mass is 79.9. The maximum Gasteiger partial charge on any atom is 0.145 e. The first-order valence-corrected chi connectivity index (χ1v) is 6.41. The molecule has 0 amide bonds. The van der Waals surface area contributed by atoms with Gasteiger partial charge in [0, 0.05) is 11.8 Å². The van der Waals surface area contributed by atoms with Gasteiger partial charge in [-0.3, -0.25) is 4.40 Å². The maximum absolute atomic E-state index is 12.9. The molecule has 2 heterocycles. The number of aromatic nitrogens is 2. The Morgan fingerprint density at radius 1 is 1.11 bits per heavy atom. The van der Waals surface area contributed by atoms with Crippen LogP contribution >= 0.6 is 27.5 Å². The summed E-state index contributed by atoms with van der Waals surface area (Å²) in [6.45, 7) is 0. The first-order chi connectivity index (χ1) is 8.65. The van der Waals surface area contributed by atoms with Crippen molar-refractivity contribution in [2.75, 3.05) is 0 Å². The van der Waals surface area contributed by atoms with Crippen LogP contribution in [0.3, 0.4) is 0 Å². The van der Waals surface area contributed by atoms with E-state index in [0.29, 0.717) is 5.02 Å². The number of hydrogen-bond acceptors (Lipinski definition) is 1. The average Bonchev–Trinajstić information content (AvgIpc) is 2.67. The molecule has 0 fully saturated rings. The molecule has 3 aromatic rings.